The van der Waals surface area contributed by atoms with Crippen LogP contribution in [-0.4, -0.2) is 34.7 Å². The average molecular weight is 611 g/mol. The summed E-state index contributed by atoms with van der Waals surface area (Å²) in [6, 6.07) is 10.8. The molecule has 2 aromatic heterocycles. The number of hydrogen-bond acceptors (Lipinski definition) is 9. The van der Waals surface area contributed by atoms with Gasteiger partial charge >= 0.3 is 0 Å². The molecule has 2 aromatic carbocycles. The van der Waals surface area contributed by atoms with Crippen LogP contribution in [0.5, 0.6) is 11.5 Å². The van der Waals surface area contributed by atoms with Crippen LogP contribution in [0.25, 0.3) is 10.1 Å². The number of Topliss-reactive ketones (excluding diaryl/α,β-unsaturated/α-hetero) is 1. The van der Waals surface area contributed by atoms with E-state index in [2.05, 4.69) is 22.2 Å². The van der Waals surface area contributed by atoms with E-state index in [1.165, 1.54) is 17.4 Å². The van der Waals surface area contributed by atoms with E-state index in [1.807, 2.05) is 26.0 Å². The zero-order valence-corrected chi connectivity index (χ0v) is 25.3. The Morgan fingerprint density at radius 2 is 1.84 bits per heavy atom. The van der Waals surface area contributed by atoms with Crippen molar-refractivity contribution in [1.82, 2.24) is 15.6 Å². The lowest BCUT2D eigenvalue weighted by Gasteiger charge is -2.37. The fourth-order valence-electron chi connectivity index (χ4n) is 6.46. The van der Waals surface area contributed by atoms with Crippen LogP contribution in [0.2, 0.25) is 0 Å². The summed E-state index contributed by atoms with van der Waals surface area (Å²) in [4.78, 5) is 44.5. The Bertz CT molecular complexity index is 1850. The molecule has 2 aliphatic rings. The second-order valence-electron chi connectivity index (χ2n) is 11.4. The number of ether oxygens (including phenoxy) is 1. The molecule has 0 bridgehead atoms. The molecular formula is C33H34N6O4S. The van der Waals surface area contributed by atoms with Gasteiger partial charge in [0.1, 0.15) is 17.0 Å². The molecule has 0 radical (unpaired) electrons. The Balaban J connectivity index is 1.40. The fraction of sp³-hybridized carbons (Fsp3) is 0.273. The summed E-state index contributed by atoms with van der Waals surface area (Å²) in [5, 5.41) is 6.59. The van der Waals surface area contributed by atoms with Crippen molar-refractivity contribution in [2.75, 3.05) is 5.73 Å². The standard InChI is InChI=1S/C33H34N6O4S/c1-4-25(40)38-22-7-5-8-23(22)39-32(42)30-27-26-20(12-13-21(34)29(26)44-30)33(36,31(41)28(27)35)19-11-10-18(15-16(19)2)43-24-9-6-14-37-17(24)3/h4,6,9-15,22-23,28H,1,5,7-8,34-36H2,2-3H3,(H,38,40)(H,39,42)/t22-,23+,28?,33?/m0/s1. The molecule has 2 amide bonds. The highest BCUT2D eigenvalue weighted by atomic mass is 32.1. The molecule has 0 spiro atoms. The number of nitrogens with two attached hydrogens (primary N) is 3. The number of anilines is 1. The van der Waals surface area contributed by atoms with Crippen LogP contribution >= 0.6 is 11.3 Å². The molecule has 0 aliphatic heterocycles. The number of nitrogen functional groups attached to an aromatic ring is 1. The van der Waals surface area contributed by atoms with E-state index >= 15 is 0 Å². The highest BCUT2D eigenvalue weighted by molar-refractivity contribution is 7.21. The van der Waals surface area contributed by atoms with Crippen molar-refractivity contribution in [3.8, 4) is 11.5 Å². The van der Waals surface area contributed by atoms with Gasteiger partial charge in [0, 0.05) is 34.9 Å². The number of benzene rings is 2. The summed E-state index contributed by atoms with van der Waals surface area (Å²) in [6.45, 7) is 7.24. The second-order valence-corrected chi connectivity index (χ2v) is 12.4. The van der Waals surface area contributed by atoms with Crippen molar-refractivity contribution in [2.45, 2.75) is 56.8 Å². The van der Waals surface area contributed by atoms with Crippen molar-refractivity contribution in [3.63, 3.8) is 0 Å². The van der Waals surface area contributed by atoms with E-state index < -0.39 is 17.4 Å². The fourth-order valence-corrected chi connectivity index (χ4v) is 7.66. The monoisotopic (exact) mass is 610 g/mol. The molecule has 8 N–H and O–H groups in total. The number of hydrogen-bond donors (Lipinski definition) is 5. The molecular weight excluding hydrogens is 576 g/mol. The predicted molar refractivity (Wildman–Crippen MR) is 171 cm³/mol. The van der Waals surface area contributed by atoms with Crippen LogP contribution in [0.3, 0.4) is 0 Å². The van der Waals surface area contributed by atoms with Gasteiger partial charge in [-0.2, -0.15) is 0 Å². The van der Waals surface area contributed by atoms with E-state index in [9.17, 15) is 14.4 Å². The minimum atomic E-state index is -1.59. The molecule has 44 heavy (non-hydrogen) atoms. The van der Waals surface area contributed by atoms with Gasteiger partial charge in [0.15, 0.2) is 5.78 Å². The van der Waals surface area contributed by atoms with E-state index in [0.717, 1.165) is 24.1 Å². The number of carbonyl (C=O) groups is 3. The lowest BCUT2D eigenvalue weighted by Crippen LogP contribution is -2.53. The molecule has 2 aliphatic carbocycles. The third-order valence-electron chi connectivity index (χ3n) is 8.67. The van der Waals surface area contributed by atoms with Gasteiger partial charge in [-0.1, -0.05) is 18.7 Å². The lowest BCUT2D eigenvalue weighted by molar-refractivity contribution is -0.124. The summed E-state index contributed by atoms with van der Waals surface area (Å²) in [6.07, 6.45) is 5.20. The first kappa shape index (κ1) is 29.5. The Labute approximate surface area is 258 Å². The normalized spacial score (nSPS) is 22.5. The maximum atomic E-state index is 14.2. The number of aromatic nitrogens is 1. The highest BCUT2D eigenvalue weighted by Crippen LogP contribution is 2.50. The number of rotatable bonds is 7. The summed E-state index contributed by atoms with van der Waals surface area (Å²) in [5.41, 5.74) is 22.1. The minimum Gasteiger partial charge on any atom is -0.455 e. The zero-order chi connectivity index (χ0) is 31.3. The van der Waals surface area contributed by atoms with Crippen LogP contribution in [0, 0.1) is 13.8 Å². The SMILES string of the molecule is C=CC(=O)N[C@H]1CCC[C@H]1NC(=O)c1sc2c(N)ccc3c2c1C(N)C(=O)C3(N)c1ccc(Oc2cccnc2C)cc1C. The van der Waals surface area contributed by atoms with Crippen LogP contribution in [0.15, 0.2) is 61.3 Å². The number of aryl methyl sites for hydroxylation is 2. The molecule has 0 saturated heterocycles. The van der Waals surface area contributed by atoms with Gasteiger partial charge in [-0.15, -0.1) is 11.3 Å². The lowest BCUT2D eigenvalue weighted by atomic mass is 9.69. The van der Waals surface area contributed by atoms with E-state index in [4.69, 9.17) is 21.9 Å². The van der Waals surface area contributed by atoms with E-state index in [-0.39, 0.29) is 23.9 Å². The average Bonchev–Trinajstić information content (AvgIpc) is 3.62. The van der Waals surface area contributed by atoms with E-state index in [0.29, 0.717) is 55.3 Å². The molecule has 6 rings (SSSR count). The van der Waals surface area contributed by atoms with E-state index in [1.54, 1.807) is 36.5 Å². The first-order chi connectivity index (χ1) is 21.0. The third-order valence-corrected chi connectivity index (χ3v) is 9.93. The van der Waals surface area contributed by atoms with Crippen LogP contribution in [0.4, 0.5) is 5.69 Å². The largest absolute Gasteiger partial charge is 0.455 e. The predicted octanol–water partition coefficient (Wildman–Crippen LogP) is 4.03. The third kappa shape index (κ3) is 4.73. The maximum absolute atomic E-state index is 14.2. The number of amides is 2. The number of ketones is 1. The molecule has 2 heterocycles. The quantitative estimate of drug-likeness (QED) is 0.154. The second kappa shape index (κ2) is 11.2. The van der Waals surface area contributed by atoms with Crippen molar-refractivity contribution in [3.05, 3.63) is 94.1 Å². The van der Waals surface area contributed by atoms with Gasteiger partial charge in [0.05, 0.1) is 21.3 Å². The van der Waals surface area contributed by atoms with Crippen LogP contribution in [-0.2, 0) is 15.1 Å². The molecule has 1 fully saturated rings. The summed E-state index contributed by atoms with van der Waals surface area (Å²) in [7, 11) is 0. The smallest absolute Gasteiger partial charge is 0.262 e. The molecule has 4 aromatic rings. The van der Waals surface area contributed by atoms with Crippen LogP contribution < -0.4 is 32.6 Å². The Hall–Kier alpha value is -4.58. The molecule has 1 saturated carbocycles. The van der Waals surface area contributed by atoms with Gasteiger partial charge < -0.3 is 32.6 Å². The minimum absolute atomic E-state index is 0.222. The molecule has 10 nitrogen and oxygen atoms in total. The van der Waals surface area contributed by atoms with Gasteiger partial charge in [0.25, 0.3) is 5.91 Å². The summed E-state index contributed by atoms with van der Waals surface area (Å²) in [5.74, 6) is 0.108. The van der Waals surface area contributed by atoms with Crippen LogP contribution in [0.1, 0.15) is 62.9 Å². The van der Waals surface area contributed by atoms with Crippen molar-refractivity contribution in [2.24, 2.45) is 11.5 Å². The van der Waals surface area contributed by atoms with Gasteiger partial charge in [-0.05, 0) is 86.2 Å². The molecule has 2 unspecified atom stereocenters. The highest BCUT2D eigenvalue weighted by Gasteiger charge is 2.49. The van der Waals surface area contributed by atoms with Crippen molar-refractivity contribution < 1.29 is 19.1 Å². The molecule has 226 valence electrons. The molecule has 11 heteroatoms. The Morgan fingerprint density at radius 1 is 1.11 bits per heavy atom. The Kier molecular flexibility index (Phi) is 7.48. The van der Waals surface area contributed by atoms with Gasteiger partial charge in [-0.3, -0.25) is 19.4 Å². The number of nitrogens with zero attached hydrogens (tertiary/aromatic N) is 1. The summed E-state index contributed by atoms with van der Waals surface area (Å²) >= 11 is 1.20. The van der Waals surface area contributed by atoms with Gasteiger partial charge in [0.2, 0.25) is 5.91 Å². The number of thiophene rings is 1. The number of pyridine rings is 1. The first-order valence-corrected chi connectivity index (χ1v) is 15.2. The first-order valence-electron chi connectivity index (χ1n) is 14.4. The summed E-state index contributed by atoms with van der Waals surface area (Å²) < 4.78 is 6.71. The zero-order valence-electron chi connectivity index (χ0n) is 24.5. The molecule has 4 atom stereocenters. The maximum Gasteiger partial charge on any atom is 0.262 e. The van der Waals surface area contributed by atoms with Crippen molar-refractivity contribution in [1.29, 1.82) is 0 Å². The number of carbonyl (C=O) groups excluding carboxylic acids is 3. The Morgan fingerprint density at radius 3 is 2.55 bits per heavy atom. The van der Waals surface area contributed by atoms with Gasteiger partial charge in [-0.25, -0.2) is 0 Å². The topological polar surface area (TPSA) is 175 Å². The van der Waals surface area contributed by atoms with Crippen molar-refractivity contribution >= 4 is 44.7 Å². The number of nitrogens with one attached hydrogen (secondary N) is 2.